The minimum Gasteiger partial charge on any atom is -0.516 e. The second-order valence-electron chi connectivity index (χ2n) is 1.97. The molecule has 0 aromatic heterocycles. The van der Waals surface area contributed by atoms with Crippen molar-refractivity contribution in [3.05, 3.63) is 36.8 Å². The molecule has 0 amide bonds. The highest BCUT2D eigenvalue weighted by atomic mass is 16.5. The summed E-state index contributed by atoms with van der Waals surface area (Å²) in [4.78, 5) is 11.0. The van der Waals surface area contributed by atoms with Crippen molar-refractivity contribution in [2.45, 2.75) is 13.3 Å². The van der Waals surface area contributed by atoms with Crippen molar-refractivity contribution in [2.24, 2.45) is 0 Å². The van der Waals surface area contributed by atoms with Gasteiger partial charge in [0.2, 0.25) is 0 Å². The van der Waals surface area contributed by atoms with Gasteiger partial charge in [0.1, 0.15) is 0 Å². The molecule has 0 aromatic rings. The zero-order chi connectivity index (χ0) is 9.40. The molecule has 0 saturated heterocycles. The average molecular weight is 168 g/mol. The average Bonchev–Trinajstić information content (AvgIpc) is 2.06. The van der Waals surface area contributed by atoms with E-state index in [0.29, 0.717) is 12.0 Å². The Hall–Kier alpha value is -1.51. The third-order valence-electron chi connectivity index (χ3n) is 1.24. The molecule has 0 atom stereocenters. The van der Waals surface area contributed by atoms with E-state index in [0.717, 1.165) is 12.5 Å². The summed E-state index contributed by atoms with van der Waals surface area (Å²) in [5.74, 6) is -0.439. The molecule has 1 N–H and O–H groups in total. The van der Waals surface area contributed by atoms with Crippen LogP contribution in [0.15, 0.2) is 36.8 Å². The van der Waals surface area contributed by atoms with Crippen LogP contribution in [0.2, 0.25) is 0 Å². The minimum absolute atomic E-state index is 0.361. The Kier molecular flexibility index (Phi) is 5.43. The van der Waals surface area contributed by atoms with Crippen molar-refractivity contribution in [1.29, 1.82) is 0 Å². The molecule has 0 heterocycles. The number of hydrogen-bond donors (Lipinski definition) is 1. The van der Waals surface area contributed by atoms with Gasteiger partial charge in [-0.15, -0.1) is 0 Å². The monoisotopic (exact) mass is 168 g/mol. The molecule has 0 aliphatic rings. The maximum Gasteiger partial charge on any atom is 0.338 e. The van der Waals surface area contributed by atoms with Crippen LogP contribution in [0, 0.1) is 0 Å². The van der Waals surface area contributed by atoms with E-state index < -0.39 is 5.97 Å². The van der Waals surface area contributed by atoms with Crippen molar-refractivity contribution in [1.82, 2.24) is 0 Å². The van der Waals surface area contributed by atoms with Gasteiger partial charge in [0.25, 0.3) is 0 Å². The molecule has 0 bridgehead atoms. The smallest absolute Gasteiger partial charge is 0.338 e. The lowest BCUT2D eigenvalue weighted by Gasteiger charge is -1.99. The molecule has 66 valence electrons. The van der Waals surface area contributed by atoms with Crippen LogP contribution >= 0.6 is 0 Å². The van der Waals surface area contributed by atoms with Gasteiger partial charge in [-0.05, 0) is 13.0 Å². The molecule has 0 fully saturated rings. The highest BCUT2D eigenvalue weighted by Crippen LogP contribution is 2.04. The number of aliphatic hydroxyl groups excluding tert-OH is 1. The summed E-state index contributed by atoms with van der Waals surface area (Å²) in [6.07, 6.45) is 5.42. The molecule has 3 heteroatoms. The van der Waals surface area contributed by atoms with E-state index in [9.17, 15) is 4.79 Å². The van der Waals surface area contributed by atoms with Gasteiger partial charge in [0, 0.05) is 12.0 Å². The third kappa shape index (κ3) is 3.61. The molecule has 0 aliphatic heterocycles. The summed E-state index contributed by atoms with van der Waals surface area (Å²) in [5, 5.41) is 8.34. The molecule has 12 heavy (non-hydrogen) atoms. The predicted molar refractivity (Wildman–Crippen MR) is 46.4 cm³/mol. The molecule has 0 unspecified atom stereocenters. The number of allylic oxidation sites excluding steroid dienone is 2. The Morgan fingerprint density at radius 3 is 2.75 bits per heavy atom. The van der Waals surface area contributed by atoms with E-state index >= 15 is 0 Å². The summed E-state index contributed by atoms with van der Waals surface area (Å²) in [6, 6.07) is 0. The summed E-state index contributed by atoms with van der Waals surface area (Å²) < 4.78 is 4.53. The normalized spacial score (nSPS) is 11.6. The van der Waals surface area contributed by atoms with E-state index in [2.05, 4.69) is 11.3 Å². The maximum atomic E-state index is 11.0. The van der Waals surface area contributed by atoms with E-state index in [1.165, 1.54) is 6.08 Å². The van der Waals surface area contributed by atoms with Crippen LogP contribution in [0.5, 0.6) is 0 Å². The maximum absolute atomic E-state index is 11.0. The first-order valence-electron chi connectivity index (χ1n) is 3.52. The number of esters is 1. The Morgan fingerprint density at radius 2 is 2.33 bits per heavy atom. The van der Waals surface area contributed by atoms with E-state index in [1.807, 2.05) is 0 Å². The fourth-order valence-corrected chi connectivity index (χ4v) is 0.650. The molecular weight excluding hydrogens is 156 g/mol. The molecule has 0 saturated carbocycles. The predicted octanol–water partition coefficient (Wildman–Crippen LogP) is 2.08. The van der Waals surface area contributed by atoms with Crippen LogP contribution in [0.25, 0.3) is 0 Å². The van der Waals surface area contributed by atoms with Gasteiger partial charge < -0.3 is 9.84 Å². The number of carbonyl (C=O) groups is 1. The van der Waals surface area contributed by atoms with Crippen molar-refractivity contribution in [3.8, 4) is 0 Å². The van der Waals surface area contributed by atoms with Crippen molar-refractivity contribution in [3.63, 3.8) is 0 Å². The van der Waals surface area contributed by atoms with Gasteiger partial charge in [-0.2, -0.15) is 0 Å². The molecule has 3 nitrogen and oxygen atoms in total. The van der Waals surface area contributed by atoms with Crippen LogP contribution in [0.1, 0.15) is 13.3 Å². The molecule has 0 radical (unpaired) electrons. The second-order valence-corrected chi connectivity index (χ2v) is 1.97. The van der Waals surface area contributed by atoms with Crippen LogP contribution < -0.4 is 0 Å². The first-order chi connectivity index (χ1) is 5.76. The lowest BCUT2D eigenvalue weighted by molar-refractivity contribution is -0.133. The fourth-order valence-electron chi connectivity index (χ4n) is 0.650. The van der Waals surface area contributed by atoms with Crippen molar-refractivity contribution < 1.29 is 14.6 Å². The second kappa shape index (κ2) is 6.22. The van der Waals surface area contributed by atoms with E-state index in [1.54, 1.807) is 13.0 Å². The quantitative estimate of drug-likeness (QED) is 0.397. The molecule has 0 aromatic carbocycles. The van der Waals surface area contributed by atoms with Gasteiger partial charge in [0.05, 0.1) is 12.5 Å². The van der Waals surface area contributed by atoms with Crippen LogP contribution in [0.3, 0.4) is 0 Å². The van der Waals surface area contributed by atoms with E-state index in [-0.39, 0.29) is 0 Å². The van der Waals surface area contributed by atoms with Gasteiger partial charge in [-0.3, -0.25) is 0 Å². The number of aliphatic hydroxyl groups is 1. The lowest BCUT2D eigenvalue weighted by atomic mass is 10.2. The Balaban J connectivity index is 4.16. The highest BCUT2D eigenvalue weighted by Gasteiger charge is 2.05. The largest absolute Gasteiger partial charge is 0.516 e. The summed E-state index contributed by atoms with van der Waals surface area (Å²) in [5.41, 5.74) is 0.486. The first-order valence-corrected chi connectivity index (χ1v) is 3.52. The number of ether oxygens (including phenoxy) is 1. The number of rotatable bonds is 4. The molecule has 0 aliphatic carbocycles. The molecular formula is C9H12O3. The molecule has 0 spiro atoms. The Bertz CT molecular complexity index is 214. The zero-order valence-corrected chi connectivity index (χ0v) is 6.99. The summed E-state index contributed by atoms with van der Waals surface area (Å²) >= 11 is 0. The minimum atomic E-state index is -0.439. The Morgan fingerprint density at radius 1 is 1.67 bits per heavy atom. The SMILES string of the molecule is C=COC(=O)C(=CC)CC=CO. The lowest BCUT2D eigenvalue weighted by Crippen LogP contribution is -2.02. The first kappa shape index (κ1) is 10.5. The van der Waals surface area contributed by atoms with Gasteiger partial charge in [-0.1, -0.05) is 12.7 Å². The molecule has 0 rings (SSSR count). The zero-order valence-electron chi connectivity index (χ0n) is 6.99. The van der Waals surface area contributed by atoms with Crippen molar-refractivity contribution in [2.75, 3.05) is 0 Å². The van der Waals surface area contributed by atoms with Gasteiger partial charge >= 0.3 is 5.97 Å². The summed E-state index contributed by atoms with van der Waals surface area (Å²) in [6.45, 7) is 4.99. The van der Waals surface area contributed by atoms with Crippen molar-refractivity contribution >= 4 is 5.97 Å². The van der Waals surface area contributed by atoms with Gasteiger partial charge in [-0.25, -0.2) is 4.79 Å². The van der Waals surface area contributed by atoms with Crippen LogP contribution in [-0.2, 0) is 9.53 Å². The van der Waals surface area contributed by atoms with Crippen LogP contribution in [0.4, 0.5) is 0 Å². The highest BCUT2D eigenvalue weighted by molar-refractivity contribution is 5.88. The topological polar surface area (TPSA) is 46.5 Å². The fraction of sp³-hybridized carbons (Fsp3) is 0.222. The third-order valence-corrected chi connectivity index (χ3v) is 1.24. The van der Waals surface area contributed by atoms with Gasteiger partial charge in [0.15, 0.2) is 0 Å². The standard InChI is InChI=1S/C9H12O3/c1-3-8(6-5-7-10)9(11)12-4-2/h3-5,7,10H,2,6H2,1H3. The number of hydrogen-bond acceptors (Lipinski definition) is 3. The number of carbonyl (C=O) groups excluding carboxylic acids is 1. The summed E-state index contributed by atoms with van der Waals surface area (Å²) in [7, 11) is 0. The van der Waals surface area contributed by atoms with E-state index in [4.69, 9.17) is 5.11 Å². The Labute approximate surface area is 71.7 Å². The van der Waals surface area contributed by atoms with Crippen LogP contribution in [-0.4, -0.2) is 11.1 Å².